The Kier molecular flexibility index (Phi) is 4.36. The number of ether oxygens (including phenoxy) is 2. The SMILES string of the molecule is COC(=O)C(C#N)C1(c2ccccn2)CCOC2(CCCC2)C1. The lowest BCUT2D eigenvalue weighted by molar-refractivity contribution is -0.153. The smallest absolute Gasteiger partial charge is 0.324 e. The van der Waals surface area contributed by atoms with Gasteiger partial charge < -0.3 is 9.47 Å². The molecule has 1 saturated carbocycles. The number of esters is 1. The summed E-state index contributed by atoms with van der Waals surface area (Å²) in [5.41, 5.74) is -0.0589. The van der Waals surface area contributed by atoms with Gasteiger partial charge >= 0.3 is 5.97 Å². The molecule has 1 spiro atoms. The number of methoxy groups -OCH3 is 1. The highest BCUT2D eigenvalue weighted by Crippen LogP contribution is 2.51. The maximum Gasteiger partial charge on any atom is 0.324 e. The summed E-state index contributed by atoms with van der Waals surface area (Å²) in [5.74, 6) is -1.34. The van der Waals surface area contributed by atoms with Crippen LogP contribution in [-0.4, -0.2) is 30.3 Å². The predicted molar refractivity (Wildman–Crippen MR) is 83.4 cm³/mol. The van der Waals surface area contributed by atoms with Crippen LogP contribution in [0.1, 0.15) is 44.2 Å². The first-order valence-corrected chi connectivity index (χ1v) is 8.19. The van der Waals surface area contributed by atoms with Crippen LogP contribution in [0.25, 0.3) is 0 Å². The largest absolute Gasteiger partial charge is 0.468 e. The van der Waals surface area contributed by atoms with Crippen molar-refractivity contribution >= 4 is 5.97 Å². The Morgan fingerprint density at radius 2 is 2.17 bits per heavy atom. The van der Waals surface area contributed by atoms with Crippen molar-refractivity contribution in [1.82, 2.24) is 4.98 Å². The number of aromatic nitrogens is 1. The van der Waals surface area contributed by atoms with Gasteiger partial charge in [0.05, 0.1) is 18.8 Å². The molecule has 2 unspecified atom stereocenters. The zero-order valence-corrected chi connectivity index (χ0v) is 13.5. The molecule has 1 aromatic heterocycles. The average Bonchev–Trinajstić information content (AvgIpc) is 3.03. The number of nitrogens with zero attached hydrogens (tertiary/aromatic N) is 2. The van der Waals surface area contributed by atoms with Crippen molar-refractivity contribution in [2.75, 3.05) is 13.7 Å². The number of carbonyl (C=O) groups excluding carboxylic acids is 1. The molecule has 1 saturated heterocycles. The zero-order chi connectivity index (χ0) is 16.3. The maximum absolute atomic E-state index is 12.3. The minimum absolute atomic E-state index is 0.223. The predicted octanol–water partition coefficient (Wildman–Crippen LogP) is 2.76. The lowest BCUT2D eigenvalue weighted by Gasteiger charge is -2.47. The topological polar surface area (TPSA) is 72.2 Å². The summed E-state index contributed by atoms with van der Waals surface area (Å²) in [5, 5.41) is 9.72. The van der Waals surface area contributed by atoms with Gasteiger partial charge in [0.25, 0.3) is 0 Å². The fourth-order valence-corrected chi connectivity index (χ4v) is 4.29. The van der Waals surface area contributed by atoms with Crippen LogP contribution < -0.4 is 0 Å². The van der Waals surface area contributed by atoms with Gasteiger partial charge in [0.2, 0.25) is 0 Å². The third kappa shape index (κ3) is 2.72. The van der Waals surface area contributed by atoms with E-state index in [1.165, 1.54) is 7.11 Å². The van der Waals surface area contributed by atoms with Gasteiger partial charge in [-0.25, -0.2) is 0 Å². The summed E-state index contributed by atoms with van der Waals surface area (Å²) in [6, 6.07) is 7.87. The van der Waals surface area contributed by atoms with Crippen LogP contribution in [0, 0.1) is 17.2 Å². The van der Waals surface area contributed by atoms with E-state index in [9.17, 15) is 10.1 Å². The van der Waals surface area contributed by atoms with Crippen molar-refractivity contribution < 1.29 is 14.3 Å². The van der Waals surface area contributed by atoms with Gasteiger partial charge in [-0.3, -0.25) is 9.78 Å². The van der Waals surface area contributed by atoms with Crippen LogP contribution in [-0.2, 0) is 19.7 Å². The van der Waals surface area contributed by atoms with Gasteiger partial charge in [-0.1, -0.05) is 18.9 Å². The normalized spacial score (nSPS) is 27.3. The molecule has 2 atom stereocenters. The van der Waals surface area contributed by atoms with Gasteiger partial charge in [0, 0.05) is 23.9 Å². The first kappa shape index (κ1) is 15.9. The molecule has 2 aliphatic rings. The van der Waals surface area contributed by atoms with Crippen molar-refractivity contribution in [3.8, 4) is 6.07 Å². The molecule has 23 heavy (non-hydrogen) atoms. The van der Waals surface area contributed by atoms with Crippen LogP contribution in [0.5, 0.6) is 0 Å². The summed E-state index contributed by atoms with van der Waals surface area (Å²) in [6.45, 7) is 0.547. The molecular formula is C18H22N2O3. The first-order chi connectivity index (χ1) is 11.2. The molecule has 3 rings (SSSR count). The van der Waals surface area contributed by atoms with Gasteiger partial charge in [-0.2, -0.15) is 5.26 Å². The standard InChI is InChI=1S/C18H22N2O3/c1-22-16(21)14(12-19)18(15-6-2-5-10-20-15)9-11-23-17(13-18)7-3-4-8-17/h2,5-6,10,14H,3-4,7-9,11,13H2,1H3. The molecule has 1 aliphatic carbocycles. The number of hydrogen-bond acceptors (Lipinski definition) is 5. The van der Waals surface area contributed by atoms with E-state index in [0.717, 1.165) is 31.4 Å². The van der Waals surface area contributed by atoms with Gasteiger partial charge in [0.1, 0.15) is 0 Å². The monoisotopic (exact) mass is 314 g/mol. The average molecular weight is 314 g/mol. The Morgan fingerprint density at radius 3 is 2.78 bits per heavy atom. The van der Waals surface area contributed by atoms with E-state index in [2.05, 4.69) is 11.1 Å². The fraction of sp³-hybridized carbons (Fsp3) is 0.611. The van der Waals surface area contributed by atoms with Crippen LogP contribution >= 0.6 is 0 Å². The second kappa shape index (κ2) is 6.29. The second-order valence-electron chi connectivity index (χ2n) is 6.62. The minimum Gasteiger partial charge on any atom is -0.468 e. The van der Waals surface area contributed by atoms with Crippen LogP contribution in [0.4, 0.5) is 0 Å². The van der Waals surface area contributed by atoms with Crippen molar-refractivity contribution in [1.29, 1.82) is 5.26 Å². The lowest BCUT2D eigenvalue weighted by Crippen LogP contribution is -2.52. The van der Waals surface area contributed by atoms with E-state index in [4.69, 9.17) is 9.47 Å². The first-order valence-electron chi connectivity index (χ1n) is 8.19. The molecule has 1 aromatic rings. The van der Waals surface area contributed by atoms with E-state index >= 15 is 0 Å². The Bertz CT molecular complexity index is 604. The minimum atomic E-state index is -0.858. The van der Waals surface area contributed by atoms with Gasteiger partial charge in [0.15, 0.2) is 5.92 Å². The number of hydrogen-bond donors (Lipinski definition) is 0. The van der Waals surface area contributed by atoms with Gasteiger partial charge in [-0.15, -0.1) is 0 Å². The molecule has 2 fully saturated rings. The van der Waals surface area contributed by atoms with E-state index in [1.807, 2.05) is 18.2 Å². The Morgan fingerprint density at radius 1 is 1.39 bits per heavy atom. The highest BCUT2D eigenvalue weighted by atomic mass is 16.5. The molecule has 0 N–H and O–H groups in total. The highest BCUT2D eigenvalue weighted by molar-refractivity contribution is 5.77. The molecule has 5 nitrogen and oxygen atoms in total. The Balaban J connectivity index is 2.07. The molecule has 0 amide bonds. The fourth-order valence-electron chi connectivity index (χ4n) is 4.29. The van der Waals surface area contributed by atoms with Crippen molar-refractivity contribution in [2.45, 2.75) is 49.5 Å². The summed E-state index contributed by atoms with van der Waals surface area (Å²) < 4.78 is 11.0. The number of nitriles is 1. The lowest BCUT2D eigenvalue weighted by atomic mass is 9.63. The van der Waals surface area contributed by atoms with Gasteiger partial charge in [-0.05, 0) is 37.8 Å². The van der Waals surface area contributed by atoms with E-state index < -0.39 is 17.3 Å². The van der Waals surface area contributed by atoms with Crippen molar-refractivity contribution in [3.05, 3.63) is 30.1 Å². The third-order valence-corrected chi connectivity index (χ3v) is 5.40. The van der Waals surface area contributed by atoms with Crippen LogP contribution in [0.15, 0.2) is 24.4 Å². The molecule has 0 bridgehead atoms. The highest BCUT2D eigenvalue weighted by Gasteiger charge is 2.55. The van der Waals surface area contributed by atoms with Crippen molar-refractivity contribution in [2.24, 2.45) is 5.92 Å². The van der Waals surface area contributed by atoms with E-state index in [-0.39, 0.29) is 5.60 Å². The molecule has 0 aromatic carbocycles. The Labute approximate surface area is 136 Å². The van der Waals surface area contributed by atoms with Crippen molar-refractivity contribution in [3.63, 3.8) is 0 Å². The number of carbonyl (C=O) groups is 1. The summed E-state index contributed by atoms with van der Waals surface area (Å²) in [6.07, 6.45) is 7.23. The summed E-state index contributed by atoms with van der Waals surface area (Å²) in [4.78, 5) is 16.8. The van der Waals surface area contributed by atoms with E-state index in [0.29, 0.717) is 19.4 Å². The Hall–Kier alpha value is -1.93. The molecular weight excluding hydrogens is 292 g/mol. The summed E-state index contributed by atoms with van der Waals surface area (Å²) in [7, 11) is 1.34. The molecule has 2 heterocycles. The second-order valence-corrected chi connectivity index (χ2v) is 6.62. The zero-order valence-electron chi connectivity index (χ0n) is 13.5. The molecule has 1 aliphatic heterocycles. The quantitative estimate of drug-likeness (QED) is 0.802. The molecule has 5 heteroatoms. The van der Waals surface area contributed by atoms with Crippen LogP contribution in [0.2, 0.25) is 0 Å². The molecule has 122 valence electrons. The molecule has 0 radical (unpaired) electrons. The number of rotatable bonds is 3. The van der Waals surface area contributed by atoms with E-state index in [1.54, 1.807) is 6.20 Å². The van der Waals surface area contributed by atoms with Crippen LogP contribution in [0.3, 0.4) is 0 Å². The summed E-state index contributed by atoms with van der Waals surface area (Å²) >= 11 is 0. The third-order valence-electron chi connectivity index (χ3n) is 5.40. The number of pyridine rings is 1. The maximum atomic E-state index is 12.3.